The van der Waals surface area contributed by atoms with Crippen LogP contribution in [0.4, 0.5) is 0 Å². The predicted molar refractivity (Wildman–Crippen MR) is 142 cm³/mol. The van der Waals surface area contributed by atoms with Crippen LogP contribution >= 0.6 is 24.0 Å². The Balaban J connectivity index is 1.74. The van der Waals surface area contributed by atoms with Crippen LogP contribution in [-0.2, 0) is 11.2 Å². The average Bonchev–Trinajstić information content (AvgIpc) is 3.35. The molecule has 0 spiro atoms. The first-order valence-electron chi connectivity index (χ1n) is 11.4. The van der Waals surface area contributed by atoms with Crippen LogP contribution in [0.5, 0.6) is 0 Å². The topological polar surface area (TPSA) is 63.4 Å². The van der Waals surface area contributed by atoms with Crippen molar-refractivity contribution in [1.29, 1.82) is 0 Å². The molecule has 2 heterocycles. The van der Waals surface area contributed by atoms with Gasteiger partial charge in [0.2, 0.25) is 5.82 Å². The fourth-order valence-electron chi connectivity index (χ4n) is 4.08. The van der Waals surface area contributed by atoms with Crippen LogP contribution in [-0.4, -0.2) is 46.7 Å². The first kappa shape index (κ1) is 24.4. The third-order valence-corrected chi connectivity index (χ3v) is 7.13. The molecule has 0 amide bonds. The lowest BCUT2D eigenvalue weighted by Gasteiger charge is -2.37. The largest absolute Gasteiger partial charge is 0.385 e. The highest BCUT2D eigenvalue weighted by Gasteiger charge is 2.33. The molecule has 1 aliphatic heterocycles. The fourth-order valence-corrected chi connectivity index (χ4v) is 4.83. The number of thioether (sulfide) groups is 1. The Morgan fingerprint density at radius 2 is 1.88 bits per heavy atom. The Bertz CT molecular complexity index is 1160. The van der Waals surface area contributed by atoms with Gasteiger partial charge in [0, 0.05) is 36.4 Å². The fraction of sp³-hybridized carbons (Fsp3) is 0.346. The van der Waals surface area contributed by atoms with E-state index < -0.39 is 0 Å². The first-order valence-corrected chi connectivity index (χ1v) is 13.0. The molecule has 3 aromatic rings. The highest BCUT2D eigenvalue weighted by atomic mass is 32.2. The normalized spacial score (nSPS) is 16.2. The van der Waals surface area contributed by atoms with Crippen molar-refractivity contribution in [2.45, 2.75) is 37.6 Å². The van der Waals surface area contributed by atoms with Gasteiger partial charge in [-0.2, -0.15) is 4.98 Å². The lowest BCUT2D eigenvalue weighted by molar-refractivity contribution is 0.188. The van der Waals surface area contributed by atoms with Gasteiger partial charge in [-0.1, -0.05) is 36.3 Å². The summed E-state index contributed by atoms with van der Waals surface area (Å²) in [4.78, 5) is 8.09. The lowest BCUT2D eigenvalue weighted by atomic mass is 9.94. The zero-order chi connectivity index (χ0) is 24.1. The smallest absolute Gasteiger partial charge is 0.258 e. The number of hydrogen-bond acceptors (Lipinski definition) is 6. The Kier molecular flexibility index (Phi) is 8.03. The van der Waals surface area contributed by atoms with Gasteiger partial charge in [-0.3, -0.25) is 0 Å². The zero-order valence-corrected chi connectivity index (χ0v) is 21.6. The van der Waals surface area contributed by atoms with E-state index in [1.54, 1.807) is 18.9 Å². The molecule has 1 N–H and O–H groups in total. The van der Waals surface area contributed by atoms with Crippen LogP contribution in [0.1, 0.15) is 43.3 Å². The molecule has 8 heteroatoms. The summed E-state index contributed by atoms with van der Waals surface area (Å²) in [5, 5.41) is 8.51. The molecule has 1 atom stereocenters. The van der Waals surface area contributed by atoms with E-state index >= 15 is 0 Å². The van der Waals surface area contributed by atoms with Gasteiger partial charge in [-0.05, 0) is 73.6 Å². The maximum absolute atomic E-state index is 5.83. The SMILES string of the molecule is CCc1ccc(C2NC(=S)N(CCCOC)C(C)=C2c2nc(-c3ccc(SC)cc3)no2)cc1. The number of thiocarbonyl (C=S) groups is 1. The summed E-state index contributed by atoms with van der Waals surface area (Å²) in [7, 11) is 1.71. The summed E-state index contributed by atoms with van der Waals surface area (Å²) in [6.45, 7) is 5.63. The summed E-state index contributed by atoms with van der Waals surface area (Å²) in [5.41, 5.74) is 5.27. The van der Waals surface area contributed by atoms with Crippen LogP contribution in [0.2, 0.25) is 0 Å². The maximum Gasteiger partial charge on any atom is 0.258 e. The summed E-state index contributed by atoms with van der Waals surface area (Å²) < 4.78 is 11.1. The molecule has 0 bridgehead atoms. The molecule has 4 rings (SSSR count). The van der Waals surface area contributed by atoms with Crippen molar-refractivity contribution in [1.82, 2.24) is 20.4 Å². The number of nitrogens with one attached hydrogen (secondary N) is 1. The van der Waals surface area contributed by atoms with Crippen molar-refractivity contribution < 1.29 is 9.26 Å². The zero-order valence-electron chi connectivity index (χ0n) is 20.0. The highest BCUT2D eigenvalue weighted by Crippen LogP contribution is 2.37. The monoisotopic (exact) mass is 494 g/mol. The van der Waals surface area contributed by atoms with E-state index in [0.717, 1.165) is 41.8 Å². The second-order valence-electron chi connectivity index (χ2n) is 8.13. The minimum absolute atomic E-state index is 0.177. The van der Waals surface area contributed by atoms with E-state index in [4.69, 9.17) is 26.5 Å². The molecule has 2 aromatic carbocycles. The second kappa shape index (κ2) is 11.2. The van der Waals surface area contributed by atoms with Crippen LogP contribution in [0, 0.1) is 0 Å². The standard InChI is InChI=1S/C26H30N4O2S2/c1-5-18-7-9-19(10-8-18)23-22(17(2)30(26(33)27-23)15-6-16-31-3)25-28-24(29-32-25)20-11-13-21(34-4)14-12-20/h7-14,23H,5-6,15-16H2,1-4H3,(H,27,33). The summed E-state index contributed by atoms with van der Waals surface area (Å²) in [5.74, 6) is 1.07. The van der Waals surface area contributed by atoms with E-state index in [0.29, 0.717) is 23.4 Å². The predicted octanol–water partition coefficient (Wildman–Crippen LogP) is 5.72. The molecule has 1 aliphatic rings. The Labute approximate surface area is 210 Å². The van der Waals surface area contributed by atoms with Crippen LogP contribution in [0.15, 0.2) is 63.6 Å². The van der Waals surface area contributed by atoms with Gasteiger partial charge in [0.1, 0.15) is 0 Å². The first-order chi connectivity index (χ1) is 16.5. The molecule has 1 aromatic heterocycles. The Morgan fingerprint density at radius 3 is 2.53 bits per heavy atom. The number of rotatable bonds is 9. The molecule has 34 heavy (non-hydrogen) atoms. The third kappa shape index (κ3) is 5.19. The molecular formula is C26H30N4O2S2. The van der Waals surface area contributed by atoms with Gasteiger partial charge in [0.25, 0.3) is 5.89 Å². The summed E-state index contributed by atoms with van der Waals surface area (Å²) in [6.07, 6.45) is 3.91. The third-order valence-electron chi connectivity index (χ3n) is 6.05. The van der Waals surface area contributed by atoms with E-state index in [1.807, 2.05) is 12.1 Å². The van der Waals surface area contributed by atoms with E-state index in [1.165, 1.54) is 10.5 Å². The van der Waals surface area contributed by atoms with Gasteiger partial charge in [-0.15, -0.1) is 11.8 Å². The van der Waals surface area contributed by atoms with Crippen molar-refractivity contribution in [3.05, 3.63) is 71.2 Å². The van der Waals surface area contributed by atoms with Gasteiger partial charge in [-0.25, -0.2) is 0 Å². The molecule has 0 fully saturated rings. The van der Waals surface area contributed by atoms with E-state index in [2.05, 4.69) is 71.9 Å². The highest BCUT2D eigenvalue weighted by molar-refractivity contribution is 7.98. The Hall–Kier alpha value is -2.68. The van der Waals surface area contributed by atoms with Gasteiger partial charge >= 0.3 is 0 Å². The minimum atomic E-state index is -0.177. The van der Waals surface area contributed by atoms with Gasteiger partial charge < -0.3 is 19.5 Å². The van der Waals surface area contributed by atoms with Crippen molar-refractivity contribution in [3.63, 3.8) is 0 Å². The van der Waals surface area contributed by atoms with Crippen molar-refractivity contribution in [3.8, 4) is 11.4 Å². The van der Waals surface area contributed by atoms with Crippen LogP contribution in [0.25, 0.3) is 17.0 Å². The maximum atomic E-state index is 5.83. The number of aromatic nitrogens is 2. The minimum Gasteiger partial charge on any atom is -0.385 e. The van der Waals surface area contributed by atoms with Crippen LogP contribution < -0.4 is 5.32 Å². The number of hydrogen-bond donors (Lipinski definition) is 1. The van der Waals surface area contributed by atoms with Crippen LogP contribution in [0.3, 0.4) is 0 Å². The molecule has 0 saturated heterocycles. The number of allylic oxidation sites excluding steroid dienone is 1. The number of aryl methyl sites for hydroxylation is 1. The Morgan fingerprint density at radius 1 is 1.15 bits per heavy atom. The number of benzene rings is 2. The lowest BCUT2D eigenvalue weighted by Crippen LogP contribution is -2.46. The van der Waals surface area contributed by atoms with Gasteiger partial charge in [0.05, 0.1) is 11.6 Å². The number of ether oxygens (including phenoxy) is 1. The molecule has 178 valence electrons. The molecule has 0 aliphatic carbocycles. The average molecular weight is 495 g/mol. The molecule has 6 nitrogen and oxygen atoms in total. The molecule has 1 unspecified atom stereocenters. The number of nitrogens with zero attached hydrogens (tertiary/aromatic N) is 3. The van der Waals surface area contributed by atoms with Gasteiger partial charge in [0.15, 0.2) is 5.11 Å². The molecule has 0 radical (unpaired) electrons. The second-order valence-corrected chi connectivity index (χ2v) is 9.39. The molecule has 0 saturated carbocycles. The summed E-state index contributed by atoms with van der Waals surface area (Å²) in [6, 6.07) is 16.6. The van der Waals surface area contributed by atoms with Crippen molar-refractivity contribution >= 4 is 34.7 Å². The summed E-state index contributed by atoms with van der Waals surface area (Å²) >= 11 is 7.46. The van der Waals surface area contributed by atoms with E-state index in [-0.39, 0.29) is 6.04 Å². The van der Waals surface area contributed by atoms with E-state index in [9.17, 15) is 0 Å². The number of methoxy groups -OCH3 is 1. The quantitative estimate of drug-likeness (QED) is 0.230. The van der Waals surface area contributed by atoms with Crippen molar-refractivity contribution in [2.75, 3.05) is 26.5 Å². The molecular weight excluding hydrogens is 464 g/mol. The van der Waals surface area contributed by atoms with Crippen molar-refractivity contribution in [2.24, 2.45) is 0 Å².